The molecular formula is C12H18ClN3O2. The molecule has 1 rings (SSSR count). The largest absolute Gasteiger partial charge is 1.00 e. The van der Waals surface area contributed by atoms with Gasteiger partial charge in [0.1, 0.15) is 12.6 Å². The lowest BCUT2D eigenvalue weighted by Gasteiger charge is -2.18. The van der Waals surface area contributed by atoms with Gasteiger partial charge in [0.15, 0.2) is 6.20 Å². The maximum absolute atomic E-state index is 12.2. The molecule has 6 heteroatoms. The van der Waals surface area contributed by atoms with Crippen LogP contribution in [0.5, 0.6) is 0 Å². The van der Waals surface area contributed by atoms with E-state index in [4.69, 9.17) is 5.73 Å². The molecule has 1 aromatic rings. The molecule has 0 spiro atoms. The average Bonchev–Trinajstić information content (AvgIpc) is 2.29. The number of halogens is 1. The minimum absolute atomic E-state index is 0. The Kier molecular flexibility index (Phi) is 6.33. The highest BCUT2D eigenvalue weighted by Gasteiger charge is 2.26. The summed E-state index contributed by atoms with van der Waals surface area (Å²) in [4.78, 5) is 25.2. The molecule has 1 aromatic heterocycles. The highest BCUT2D eigenvalue weighted by molar-refractivity contribution is 6.04. The zero-order valence-electron chi connectivity index (χ0n) is 10.8. The summed E-state index contributed by atoms with van der Waals surface area (Å²) in [6.07, 6.45) is 1.69. The molecule has 0 aliphatic carbocycles. The summed E-state index contributed by atoms with van der Waals surface area (Å²) < 4.78 is 1.57. The normalized spacial score (nSPS) is 9.50. The number of carbonyl (C=O) groups is 2. The fourth-order valence-electron chi connectivity index (χ4n) is 1.77. The number of nitrogens with two attached hydrogens (primary N) is 1. The Morgan fingerprint density at radius 2 is 1.89 bits per heavy atom. The molecule has 18 heavy (non-hydrogen) atoms. The molecule has 0 bridgehead atoms. The molecule has 0 saturated heterocycles. The molecule has 0 unspecified atom stereocenters. The van der Waals surface area contributed by atoms with Gasteiger partial charge in [0, 0.05) is 19.2 Å². The summed E-state index contributed by atoms with van der Waals surface area (Å²) in [6.45, 7) is 5.00. The number of rotatable bonds is 4. The number of carbonyl (C=O) groups excluding carboxylic acids is 2. The lowest BCUT2D eigenvalue weighted by Crippen LogP contribution is -3.00. The Morgan fingerprint density at radius 3 is 2.33 bits per heavy atom. The molecule has 5 nitrogen and oxygen atoms in total. The van der Waals surface area contributed by atoms with Gasteiger partial charge in [-0.15, -0.1) is 0 Å². The molecule has 0 aliphatic heterocycles. The topological polar surface area (TPSA) is 67.3 Å². The van der Waals surface area contributed by atoms with Crippen molar-refractivity contribution in [2.45, 2.75) is 13.8 Å². The lowest BCUT2D eigenvalue weighted by molar-refractivity contribution is -0.673. The van der Waals surface area contributed by atoms with Crippen molar-refractivity contribution < 1.29 is 26.6 Å². The first-order valence-electron chi connectivity index (χ1n) is 5.60. The first kappa shape index (κ1) is 16.4. The van der Waals surface area contributed by atoms with Gasteiger partial charge in [-0.1, -0.05) is 0 Å². The van der Waals surface area contributed by atoms with E-state index in [1.165, 1.54) is 0 Å². The highest BCUT2D eigenvalue weighted by atomic mass is 35.5. The summed E-state index contributed by atoms with van der Waals surface area (Å²) in [5.41, 5.74) is 5.90. The van der Waals surface area contributed by atoms with Gasteiger partial charge in [-0.05, 0) is 19.9 Å². The van der Waals surface area contributed by atoms with Crippen molar-refractivity contribution in [3.8, 4) is 0 Å². The molecule has 2 amide bonds. The van der Waals surface area contributed by atoms with Crippen molar-refractivity contribution in [1.29, 1.82) is 0 Å². The van der Waals surface area contributed by atoms with Crippen molar-refractivity contribution in [2.75, 3.05) is 13.1 Å². The van der Waals surface area contributed by atoms with Crippen LogP contribution in [-0.2, 0) is 7.05 Å². The van der Waals surface area contributed by atoms with Crippen molar-refractivity contribution in [3.63, 3.8) is 0 Å². The van der Waals surface area contributed by atoms with Gasteiger partial charge in [0.2, 0.25) is 0 Å². The first-order valence-corrected chi connectivity index (χ1v) is 5.60. The molecule has 2 N–H and O–H groups in total. The van der Waals surface area contributed by atoms with Gasteiger partial charge >= 0.3 is 5.91 Å². The predicted octanol–water partition coefficient (Wildman–Crippen LogP) is -2.90. The van der Waals surface area contributed by atoms with Gasteiger partial charge < -0.3 is 23.0 Å². The predicted molar refractivity (Wildman–Crippen MR) is 63.4 cm³/mol. The van der Waals surface area contributed by atoms with Crippen LogP contribution in [0.1, 0.15) is 34.7 Å². The second kappa shape index (κ2) is 6.96. The van der Waals surface area contributed by atoms with E-state index in [2.05, 4.69) is 0 Å². The Hall–Kier alpha value is -1.62. The van der Waals surface area contributed by atoms with E-state index < -0.39 is 5.91 Å². The highest BCUT2D eigenvalue weighted by Crippen LogP contribution is 2.07. The molecule has 0 radical (unpaired) electrons. The van der Waals surface area contributed by atoms with E-state index in [0.717, 1.165) is 0 Å². The van der Waals surface area contributed by atoms with Crippen LogP contribution in [0.4, 0.5) is 0 Å². The molecule has 0 fully saturated rings. The molecule has 100 valence electrons. The van der Waals surface area contributed by atoms with Gasteiger partial charge in [0.25, 0.3) is 11.6 Å². The van der Waals surface area contributed by atoms with E-state index in [1.807, 2.05) is 13.8 Å². The molecule has 0 aromatic carbocycles. The number of aryl methyl sites for hydroxylation is 1. The quantitative estimate of drug-likeness (QED) is 0.597. The molecule has 0 aliphatic rings. The fraction of sp³-hybridized carbons (Fsp3) is 0.417. The third-order valence-electron chi connectivity index (χ3n) is 2.69. The Balaban J connectivity index is 0.00000289. The molecule has 0 saturated carbocycles. The van der Waals surface area contributed by atoms with Crippen LogP contribution in [0.3, 0.4) is 0 Å². The molecular weight excluding hydrogens is 254 g/mol. The maximum Gasteiger partial charge on any atom is 0.314 e. The van der Waals surface area contributed by atoms with Crippen LogP contribution < -0.4 is 22.7 Å². The summed E-state index contributed by atoms with van der Waals surface area (Å²) in [7, 11) is 1.69. The second-order valence-corrected chi connectivity index (χ2v) is 3.72. The number of pyridine rings is 1. The van der Waals surface area contributed by atoms with Crippen LogP contribution in [0.2, 0.25) is 0 Å². The summed E-state index contributed by atoms with van der Waals surface area (Å²) in [5.74, 6) is -0.761. The Labute approximate surface area is 113 Å². The van der Waals surface area contributed by atoms with Crippen LogP contribution in [-0.4, -0.2) is 29.8 Å². The van der Waals surface area contributed by atoms with Crippen molar-refractivity contribution in [3.05, 3.63) is 29.6 Å². The SMILES string of the molecule is CCN(CC)C(=O)c1ccc[n+](C)c1C(N)=O.[Cl-]. The third kappa shape index (κ3) is 3.20. The number of primary amides is 1. The molecule has 1 heterocycles. The zero-order valence-corrected chi connectivity index (χ0v) is 11.6. The summed E-state index contributed by atoms with van der Waals surface area (Å²) in [5, 5.41) is 0. The summed E-state index contributed by atoms with van der Waals surface area (Å²) >= 11 is 0. The first-order chi connectivity index (χ1) is 8.02. The monoisotopic (exact) mass is 271 g/mol. The van der Waals surface area contributed by atoms with Crippen LogP contribution >= 0.6 is 0 Å². The maximum atomic E-state index is 12.2. The van der Waals surface area contributed by atoms with E-state index in [-0.39, 0.29) is 24.0 Å². The lowest BCUT2D eigenvalue weighted by atomic mass is 10.1. The Morgan fingerprint density at radius 1 is 1.33 bits per heavy atom. The number of amides is 2. The van der Waals surface area contributed by atoms with Crippen molar-refractivity contribution in [1.82, 2.24) is 4.90 Å². The van der Waals surface area contributed by atoms with Crippen molar-refractivity contribution in [2.24, 2.45) is 12.8 Å². The van der Waals surface area contributed by atoms with Crippen LogP contribution in [0.15, 0.2) is 18.3 Å². The Bertz CT molecular complexity index is 445. The van der Waals surface area contributed by atoms with E-state index >= 15 is 0 Å². The number of hydrogen-bond donors (Lipinski definition) is 1. The smallest absolute Gasteiger partial charge is 0.314 e. The van der Waals surface area contributed by atoms with Gasteiger partial charge in [-0.3, -0.25) is 9.59 Å². The standard InChI is InChI=1S/C12H17N3O2.ClH/c1-4-15(5-2)12(17)9-7-6-8-14(3)10(9)11(13)16;/h6-8H,4-5H2,1-3H3,(H-,13,16);1H. The van der Waals surface area contributed by atoms with Crippen molar-refractivity contribution >= 4 is 11.8 Å². The van der Waals surface area contributed by atoms with Gasteiger partial charge in [-0.2, -0.15) is 4.57 Å². The van der Waals surface area contributed by atoms with E-state index in [9.17, 15) is 9.59 Å². The molecule has 0 atom stereocenters. The fourth-order valence-corrected chi connectivity index (χ4v) is 1.77. The van der Waals surface area contributed by atoms with Crippen LogP contribution in [0, 0.1) is 0 Å². The third-order valence-corrected chi connectivity index (χ3v) is 2.69. The average molecular weight is 272 g/mol. The minimum atomic E-state index is -0.594. The van der Waals surface area contributed by atoms with Gasteiger partial charge in [0.05, 0.1) is 0 Å². The van der Waals surface area contributed by atoms with E-state index in [1.54, 1.807) is 34.8 Å². The minimum Gasteiger partial charge on any atom is -1.00 e. The summed E-state index contributed by atoms with van der Waals surface area (Å²) in [6, 6.07) is 3.35. The number of aromatic nitrogens is 1. The van der Waals surface area contributed by atoms with Gasteiger partial charge in [-0.25, -0.2) is 0 Å². The number of nitrogens with zero attached hydrogens (tertiary/aromatic N) is 2. The van der Waals surface area contributed by atoms with E-state index in [0.29, 0.717) is 18.7 Å². The second-order valence-electron chi connectivity index (χ2n) is 3.72. The van der Waals surface area contributed by atoms with Crippen LogP contribution in [0.25, 0.3) is 0 Å². The zero-order chi connectivity index (χ0) is 13.0. The number of hydrogen-bond acceptors (Lipinski definition) is 2.